The minimum absolute atomic E-state index is 0.172. The van der Waals surface area contributed by atoms with Crippen LogP contribution in [0.3, 0.4) is 0 Å². The fraction of sp³-hybridized carbons (Fsp3) is 0.250. The van der Waals surface area contributed by atoms with Crippen LogP contribution in [-0.4, -0.2) is 10.8 Å². The lowest BCUT2D eigenvalue weighted by molar-refractivity contribution is 0.0983. The summed E-state index contributed by atoms with van der Waals surface area (Å²) in [4.78, 5) is 14.8. The van der Waals surface area contributed by atoms with Crippen LogP contribution in [0.2, 0.25) is 5.02 Å². The fourth-order valence-electron chi connectivity index (χ4n) is 1.71. The van der Waals surface area contributed by atoms with E-state index in [1.165, 1.54) is 0 Å². The van der Waals surface area contributed by atoms with Crippen LogP contribution in [0.4, 0.5) is 0 Å². The molecule has 0 spiro atoms. The van der Waals surface area contributed by atoms with Crippen LogP contribution in [0.15, 0.2) is 24.4 Å². The number of fused-ring (bicyclic) bond motifs is 1. The van der Waals surface area contributed by atoms with Crippen molar-refractivity contribution >= 4 is 28.3 Å². The summed E-state index contributed by atoms with van der Waals surface area (Å²) in [5, 5.41) is 1.57. The minimum atomic E-state index is 0.172. The highest BCUT2D eigenvalue weighted by Gasteiger charge is 2.11. The molecule has 2 aromatic rings. The molecule has 2 rings (SSSR count). The molecule has 0 radical (unpaired) electrons. The molecule has 15 heavy (non-hydrogen) atoms. The number of H-pyrrole nitrogens is 1. The summed E-state index contributed by atoms with van der Waals surface area (Å²) in [5.41, 5.74) is 1.59. The molecule has 1 aromatic heterocycles. The molecule has 0 amide bonds. The van der Waals surface area contributed by atoms with Crippen LogP contribution < -0.4 is 0 Å². The zero-order valence-electron chi connectivity index (χ0n) is 8.51. The highest BCUT2D eigenvalue weighted by Crippen LogP contribution is 2.25. The van der Waals surface area contributed by atoms with Crippen molar-refractivity contribution in [3.63, 3.8) is 0 Å². The zero-order valence-corrected chi connectivity index (χ0v) is 9.27. The molecule has 0 aliphatic heterocycles. The normalized spacial score (nSPS) is 10.8. The average Bonchev–Trinajstić information content (AvgIpc) is 2.63. The van der Waals surface area contributed by atoms with Crippen LogP contribution in [0.25, 0.3) is 10.9 Å². The zero-order chi connectivity index (χ0) is 10.8. The molecular weight excluding hydrogens is 210 g/mol. The second-order valence-corrected chi connectivity index (χ2v) is 3.95. The number of nitrogens with one attached hydrogen (secondary N) is 1. The summed E-state index contributed by atoms with van der Waals surface area (Å²) in [6.45, 7) is 2.00. The Labute approximate surface area is 93.2 Å². The number of Topliss-reactive ketones (excluding diaryl/α,β-unsaturated/α-hetero) is 1. The van der Waals surface area contributed by atoms with Gasteiger partial charge in [-0.3, -0.25) is 4.79 Å². The molecule has 0 bridgehead atoms. The molecule has 1 N–H and O–H groups in total. The van der Waals surface area contributed by atoms with E-state index in [1.807, 2.05) is 25.1 Å². The SMILES string of the molecule is CCCC(=O)c1c[nH]c2c(Cl)cccc12. The molecule has 0 saturated carbocycles. The number of carbonyl (C=O) groups excluding carboxylic acids is 1. The minimum Gasteiger partial charge on any atom is -0.359 e. The van der Waals surface area contributed by atoms with E-state index in [0.717, 1.165) is 22.9 Å². The predicted octanol–water partition coefficient (Wildman–Crippen LogP) is 3.80. The van der Waals surface area contributed by atoms with E-state index in [-0.39, 0.29) is 5.78 Å². The van der Waals surface area contributed by atoms with Gasteiger partial charge in [-0.05, 0) is 12.5 Å². The van der Waals surface area contributed by atoms with Gasteiger partial charge in [0.1, 0.15) is 0 Å². The summed E-state index contributed by atoms with van der Waals surface area (Å²) in [6, 6.07) is 5.59. The molecule has 1 aromatic carbocycles. The first kappa shape index (κ1) is 10.2. The molecule has 2 nitrogen and oxygen atoms in total. The Morgan fingerprint density at radius 1 is 1.47 bits per heavy atom. The number of aromatic nitrogens is 1. The number of halogens is 1. The van der Waals surface area contributed by atoms with Crippen molar-refractivity contribution in [1.29, 1.82) is 0 Å². The first-order valence-corrected chi connectivity index (χ1v) is 5.40. The van der Waals surface area contributed by atoms with Gasteiger partial charge in [-0.1, -0.05) is 30.7 Å². The topological polar surface area (TPSA) is 32.9 Å². The van der Waals surface area contributed by atoms with Crippen molar-refractivity contribution < 1.29 is 4.79 Å². The Hall–Kier alpha value is -1.28. The number of carbonyl (C=O) groups is 1. The van der Waals surface area contributed by atoms with Gasteiger partial charge in [0.05, 0.1) is 10.5 Å². The van der Waals surface area contributed by atoms with Gasteiger partial charge in [0.2, 0.25) is 0 Å². The molecule has 0 unspecified atom stereocenters. The van der Waals surface area contributed by atoms with Gasteiger partial charge in [0.25, 0.3) is 0 Å². The number of hydrogen-bond donors (Lipinski definition) is 1. The molecule has 78 valence electrons. The van der Waals surface area contributed by atoms with Gasteiger partial charge >= 0.3 is 0 Å². The third kappa shape index (κ3) is 1.77. The number of hydrogen-bond acceptors (Lipinski definition) is 1. The molecule has 3 heteroatoms. The summed E-state index contributed by atoms with van der Waals surface area (Å²) in [6.07, 6.45) is 3.19. The van der Waals surface area contributed by atoms with Gasteiger partial charge in [-0.25, -0.2) is 0 Å². The Kier molecular flexibility index (Phi) is 2.78. The standard InChI is InChI=1S/C12H12ClNO/c1-2-4-11(15)9-7-14-12-8(9)5-3-6-10(12)13/h3,5-7,14H,2,4H2,1H3. The maximum absolute atomic E-state index is 11.8. The Morgan fingerprint density at radius 3 is 3.00 bits per heavy atom. The molecule has 1 heterocycles. The van der Waals surface area contributed by atoms with Crippen molar-refractivity contribution in [1.82, 2.24) is 4.98 Å². The second kappa shape index (κ2) is 4.07. The van der Waals surface area contributed by atoms with Crippen LogP contribution in [-0.2, 0) is 0 Å². The van der Waals surface area contributed by atoms with Gasteiger partial charge in [-0.2, -0.15) is 0 Å². The van der Waals surface area contributed by atoms with Gasteiger partial charge in [-0.15, -0.1) is 0 Å². The average molecular weight is 222 g/mol. The molecule has 0 fully saturated rings. The van der Waals surface area contributed by atoms with Crippen LogP contribution in [0, 0.1) is 0 Å². The van der Waals surface area contributed by atoms with Crippen molar-refractivity contribution in [3.8, 4) is 0 Å². The van der Waals surface area contributed by atoms with Crippen molar-refractivity contribution in [3.05, 3.63) is 35.0 Å². The van der Waals surface area contributed by atoms with Crippen LogP contribution in [0.5, 0.6) is 0 Å². The Bertz CT molecular complexity index is 501. The first-order chi connectivity index (χ1) is 7.24. The van der Waals surface area contributed by atoms with E-state index in [1.54, 1.807) is 6.20 Å². The quantitative estimate of drug-likeness (QED) is 0.786. The third-order valence-electron chi connectivity index (χ3n) is 2.44. The molecular formula is C12H12ClNO. The monoisotopic (exact) mass is 221 g/mol. The predicted molar refractivity (Wildman–Crippen MR) is 62.5 cm³/mol. The van der Waals surface area contributed by atoms with E-state index in [2.05, 4.69) is 4.98 Å². The number of aromatic amines is 1. The van der Waals surface area contributed by atoms with Gasteiger partial charge < -0.3 is 4.98 Å². The summed E-state index contributed by atoms with van der Waals surface area (Å²) < 4.78 is 0. The third-order valence-corrected chi connectivity index (χ3v) is 2.76. The highest BCUT2D eigenvalue weighted by molar-refractivity contribution is 6.35. The number of benzene rings is 1. The van der Waals surface area contributed by atoms with Crippen molar-refractivity contribution in [2.45, 2.75) is 19.8 Å². The second-order valence-electron chi connectivity index (χ2n) is 3.54. The lowest BCUT2D eigenvalue weighted by atomic mass is 10.1. The van der Waals surface area contributed by atoms with Gasteiger partial charge in [0, 0.05) is 23.6 Å². The number of rotatable bonds is 3. The number of para-hydroxylation sites is 1. The molecule has 0 aliphatic carbocycles. The van der Waals surface area contributed by atoms with Crippen molar-refractivity contribution in [2.24, 2.45) is 0 Å². The Balaban J connectivity index is 2.54. The van der Waals surface area contributed by atoms with E-state index in [4.69, 9.17) is 11.6 Å². The fourth-order valence-corrected chi connectivity index (χ4v) is 1.94. The van der Waals surface area contributed by atoms with E-state index in [9.17, 15) is 4.79 Å². The van der Waals surface area contributed by atoms with Crippen molar-refractivity contribution in [2.75, 3.05) is 0 Å². The summed E-state index contributed by atoms with van der Waals surface area (Å²) in [7, 11) is 0. The largest absolute Gasteiger partial charge is 0.359 e. The van der Waals surface area contributed by atoms with Crippen LogP contribution in [0.1, 0.15) is 30.1 Å². The Morgan fingerprint density at radius 2 is 2.27 bits per heavy atom. The molecule has 0 saturated heterocycles. The summed E-state index contributed by atoms with van der Waals surface area (Å²) >= 11 is 6.01. The van der Waals surface area contributed by atoms with Crippen LogP contribution >= 0.6 is 11.6 Å². The smallest absolute Gasteiger partial charge is 0.165 e. The maximum Gasteiger partial charge on any atom is 0.165 e. The van der Waals surface area contributed by atoms with E-state index in [0.29, 0.717) is 11.4 Å². The first-order valence-electron chi connectivity index (χ1n) is 5.03. The summed E-state index contributed by atoms with van der Waals surface area (Å²) in [5.74, 6) is 0.172. The lowest BCUT2D eigenvalue weighted by Gasteiger charge is -1.97. The molecule has 0 atom stereocenters. The highest BCUT2D eigenvalue weighted by atomic mass is 35.5. The number of ketones is 1. The molecule has 0 aliphatic rings. The van der Waals surface area contributed by atoms with Gasteiger partial charge in [0.15, 0.2) is 5.78 Å². The van der Waals surface area contributed by atoms with E-state index >= 15 is 0 Å². The van der Waals surface area contributed by atoms with E-state index < -0.39 is 0 Å². The maximum atomic E-state index is 11.8. The lowest BCUT2D eigenvalue weighted by Crippen LogP contribution is -1.96.